The van der Waals surface area contributed by atoms with Gasteiger partial charge in [-0.05, 0) is 51.7 Å². The first kappa shape index (κ1) is 23.1. The molecule has 29 heavy (non-hydrogen) atoms. The average Bonchev–Trinajstić information content (AvgIpc) is 3.13. The molecule has 0 N–H and O–H groups in total. The number of alkyl halides is 2. The molecule has 0 bridgehead atoms. The summed E-state index contributed by atoms with van der Waals surface area (Å²) in [6.45, 7) is 20.7. The van der Waals surface area contributed by atoms with Crippen molar-refractivity contribution in [1.29, 1.82) is 0 Å². The minimum absolute atomic E-state index is 0.0204. The van der Waals surface area contributed by atoms with Crippen LogP contribution in [0, 0.1) is 0 Å². The van der Waals surface area contributed by atoms with E-state index in [1.54, 1.807) is 0 Å². The lowest BCUT2D eigenvalue weighted by atomic mass is 9.75. The Bertz CT molecular complexity index is 858. The fourth-order valence-corrected chi connectivity index (χ4v) is 8.77. The van der Waals surface area contributed by atoms with Gasteiger partial charge in [0.25, 0.3) is 0 Å². The highest BCUT2D eigenvalue weighted by Gasteiger charge is 2.65. The predicted molar refractivity (Wildman–Crippen MR) is 133 cm³/mol. The minimum atomic E-state index is -0.716. The molecule has 0 amide bonds. The van der Waals surface area contributed by atoms with Crippen molar-refractivity contribution in [2.24, 2.45) is 0 Å². The van der Waals surface area contributed by atoms with E-state index < -0.39 is 12.0 Å². The van der Waals surface area contributed by atoms with E-state index in [1.165, 1.54) is 27.6 Å². The van der Waals surface area contributed by atoms with Gasteiger partial charge in [-0.3, -0.25) is 0 Å². The Balaban J connectivity index is 2.30. The van der Waals surface area contributed by atoms with Crippen LogP contribution in [0.5, 0.6) is 0 Å². The molecule has 1 saturated heterocycles. The highest BCUT2D eigenvalue weighted by atomic mass is 35.5. The topological polar surface area (TPSA) is 0 Å². The van der Waals surface area contributed by atoms with Crippen LogP contribution in [0.3, 0.4) is 0 Å². The molecule has 1 aliphatic heterocycles. The molecular weight excluding hydrogens is 414 g/mol. The quantitative estimate of drug-likeness (QED) is 0.318. The highest BCUT2D eigenvalue weighted by molar-refractivity contribution is 7.79. The van der Waals surface area contributed by atoms with Crippen molar-refractivity contribution >= 4 is 36.4 Å². The number of rotatable bonds is 2. The summed E-state index contributed by atoms with van der Waals surface area (Å²) in [4.78, 5) is 0. The molecule has 158 valence electrons. The maximum absolute atomic E-state index is 7.01. The average molecular weight is 449 g/mol. The summed E-state index contributed by atoms with van der Waals surface area (Å²) in [7, 11) is -0.716. The molecule has 0 aromatic heterocycles. The van der Waals surface area contributed by atoms with Crippen molar-refractivity contribution in [1.82, 2.24) is 0 Å². The van der Waals surface area contributed by atoms with Crippen LogP contribution in [0.25, 0.3) is 0 Å². The van der Waals surface area contributed by atoms with Crippen LogP contribution in [0.1, 0.15) is 90.2 Å². The Morgan fingerprint density at radius 1 is 0.724 bits per heavy atom. The standard InChI is InChI=1S/C26H35Cl2P/c1-23(2,3)18-15-19(24(4,5)6)21(20(16-18)25(7,8)9)29-22(26(29,27)28)17-13-11-10-12-14-17/h10-16,22H,1-9H3/t22-,29-/m1/s1. The fourth-order valence-electron chi connectivity index (χ4n) is 3.98. The van der Waals surface area contributed by atoms with E-state index in [9.17, 15) is 0 Å². The van der Waals surface area contributed by atoms with Crippen molar-refractivity contribution in [2.45, 2.75) is 88.3 Å². The zero-order valence-corrected chi connectivity index (χ0v) is 21.7. The van der Waals surface area contributed by atoms with Gasteiger partial charge >= 0.3 is 0 Å². The normalized spacial score (nSPS) is 21.9. The molecule has 0 unspecified atom stereocenters. The first-order chi connectivity index (χ1) is 13.1. The first-order valence-corrected chi connectivity index (χ1v) is 12.6. The van der Waals surface area contributed by atoms with Crippen molar-refractivity contribution in [2.75, 3.05) is 0 Å². The molecule has 2 atom stereocenters. The number of hydrogen-bond acceptors (Lipinski definition) is 0. The maximum atomic E-state index is 7.01. The van der Waals surface area contributed by atoms with E-state index in [1.807, 2.05) is 0 Å². The smallest absolute Gasteiger partial charge is 0.0951 e. The lowest BCUT2D eigenvalue weighted by molar-refractivity contribution is 0.553. The first-order valence-electron chi connectivity index (χ1n) is 10.5. The zero-order valence-electron chi connectivity index (χ0n) is 19.3. The minimum Gasteiger partial charge on any atom is -0.0951 e. The van der Waals surface area contributed by atoms with Gasteiger partial charge in [0.15, 0.2) is 4.07 Å². The van der Waals surface area contributed by atoms with E-state index in [0.717, 1.165) is 0 Å². The van der Waals surface area contributed by atoms with Gasteiger partial charge in [-0.1, -0.05) is 128 Å². The van der Waals surface area contributed by atoms with Crippen LogP contribution in [0.4, 0.5) is 0 Å². The zero-order chi connectivity index (χ0) is 22.0. The van der Waals surface area contributed by atoms with Crippen LogP contribution in [0.2, 0.25) is 0 Å². The van der Waals surface area contributed by atoms with Crippen molar-refractivity contribution in [3.8, 4) is 0 Å². The summed E-state index contributed by atoms with van der Waals surface area (Å²) in [5.74, 6) is 0. The number of benzene rings is 2. The lowest BCUT2D eigenvalue weighted by Crippen LogP contribution is -2.30. The second-order valence-corrected chi connectivity index (χ2v) is 15.8. The van der Waals surface area contributed by atoms with Gasteiger partial charge in [0.05, 0.1) is 0 Å². The molecule has 2 aromatic rings. The van der Waals surface area contributed by atoms with Crippen LogP contribution < -0.4 is 5.30 Å². The second kappa shape index (κ2) is 7.25. The van der Waals surface area contributed by atoms with Crippen LogP contribution >= 0.6 is 31.1 Å². The molecule has 0 radical (unpaired) electrons. The van der Waals surface area contributed by atoms with Gasteiger partial charge in [0, 0.05) is 5.66 Å². The number of halogens is 2. The van der Waals surface area contributed by atoms with Crippen LogP contribution in [0.15, 0.2) is 42.5 Å². The Morgan fingerprint density at radius 2 is 1.17 bits per heavy atom. The summed E-state index contributed by atoms with van der Waals surface area (Å²) in [5, 5.41) is 1.42. The summed E-state index contributed by atoms with van der Waals surface area (Å²) >= 11 is 14.0. The van der Waals surface area contributed by atoms with E-state index in [2.05, 4.69) is 105 Å². The van der Waals surface area contributed by atoms with E-state index in [-0.39, 0.29) is 21.9 Å². The number of hydrogen-bond donors (Lipinski definition) is 0. The van der Waals surface area contributed by atoms with Gasteiger partial charge in [0.2, 0.25) is 0 Å². The van der Waals surface area contributed by atoms with Gasteiger partial charge < -0.3 is 0 Å². The van der Waals surface area contributed by atoms with Crippen molar-refractivity contribution in [3.63, 3.8) is 0 Å². The Hall–Kier alpha value is -0.550. The third-order valence-corrected chi connectivity index (χ3v) is 10.4. The molecule has 0 spiro atoms. The summed E-state index contributed by atoms with van der Waals surface area (Å²) in [5.41, 5.74) is 5.77. The highest BCUT2D eigenvalue weighted by Crippen LogP contribution is 2.87. The molecule has 1 heterocycles. The van der Waals surface area contributed by atoms with Crippen molar-refractivity contribution < 1.29 is 0 Å². The van der Waals surface area contributed by atoms with Crippen LogP contribution in [-0.4, -0.2) is 4.07 Å². The second-order valence-electron chi connectivity index (χ2n) is 11.4. The molecule has 0 saturated carbocycles. The molecule has 3 heteroatoms. The third-order valence-electron chi connectivity index (χ3n) is 5.79. The fraction of sp³-hybridized carbons (Fsp3) is 0.538. The SMILES string of the molecule is CC(C)(C)c1cc(C(C)(C)C)c([P@]2[C@H](c3ccccc3)C2(Cl)Cl)c(C(C)(C)C)c1. The van der Waals surface area contributed by atoms with E-state index in [0.29, 0.717) is 0 Å². The molecule has 2 aromatic carbocycles. The Labute approximate surface area is 189 Å². The molecule has 1 fully saturated rings. The Morgan fingerprint density at radius 3 is 1.55 bits per heavy atom. The van der Waals surface area contributed by atoms with Gasteiger partial charge in [-0.15, -0.1) is 0 Å². The Kier molecular flexibility index (Phi) is 5.78. The van der Waals surface area contributed by atoms with Crippen molar-refractivity contribution in [3.05, 3.63) is 64.7 Å². The summed E-state index contributed by atoms with van der Waals surface area (Å²) in [6, 6.07) is 15.4. The largest absolute Gasteiger partial charge is 0.152 e. The van der Waals surface area contributed by atoms with Gasteiger partial charge in [-0.25, -0.2) is 0 Å². The molecule has 3 rings (SSSR count). The summed E-state index contributed by atoms with van der Waals surface area (Å²) in [6.07, 6.45) is 0. The lowest BCUT2D eigenvalue weighted by Gasteiger charge is -2.34. The van der Waals surface area contributed by atoms with Gasteiger partial charge in [0.1, 0.15) is 0 Å². The third kappa shape index (κ3) is 4.42. The monoisotopic (exact) mass is 448 g/mol. The predicted octanol–water partition coefficient (Wildman–Crippen LogP) is 8.57. The van der Waals surface area contributed by atoms with Gasteiger partial charge in [-0.2, -0.15) is 0 Å². The molecule has 0 nitrogen and oxygen atoms in total. The van der Waals surface area contributed by atoms with E-state index in [4.69, 9.17) is 23.2 Å². The molecular formula is C26H35Cl2P. The summed E-state index contributed by atoms with van der Waals surface area (Å²) < 4.78 is -0.708. The van der Waals surface area contributed by atoms with E-state index >= 15 is 0 Å². The van der Waals surface area contributed by atoms with Crippen LogP contribution in [-0.2, 0) is 16.2 Å². The maximum Gasteiger partial charge on any atom is 0.152 e. The molecule has 0 aliphatic carbocycles. The molecule has 1 aliphatic rings.